The van der Waals surface area contributed by atoms with Gasteiger partial charge >= 0.3 is 0 Å². The third kappa shape index (κ3) is 1.31. The molecule has 0 saturated carbocycles. The summed E-state index contributed by atoms with van der Waals surface area (Å²) in [5.41, 5.74) is 3.36. The highest BCUT2D eigenvalue weighted by atomic mass is 16.5. The standard InChI is InChI=1S/C18H21NO3/c1-19-7-6-18-12-4-5-14(21)17(18)22-16-11(9-20)3-2-10(15(16)18)8-13(12)19/h2-5,12-14,17,20-21H,6-9H2,1H3/t12-,13+,14-,17-,18-/m0/s1. The summed E-state index contributed by atoms with van der Waals surface area (Å²) < 4.78 is 6.27. The fourth-order valence-corrected chi connectivity index (χ4v) is 5.43. The van der Waals surface area contributed by atoms with Crippen molar-refractivity contribution in [2.24, 2.45) is 5.92 Å². The van der Waals surface area contributed by atoms with Gasteiger partial charge < -0.3 is 19.8 Å². The van der Waals surface area contributed by atoms with Crippen molar-refractivity contribution in [2.75, 3.05) is 13.6 Å². The maximum atomic E-state index is 10.5. The molecule has 22 heavy (non-hydrogen) atoms. The molecule has 116 valence electrons. The molecule has 1 spiro atoms. The molecule has 4 heteroatoms. The van der Waals surface area contributed by atoms with Crippen LogP contribution in [0, 0.1) is 5.92 Å². The van der Waals surface area contributed by atoms with Gasteiger partial charge in [0.2, 0.25) is 0 Å². The van der Waals surface area contributed by atoms with Crippen LogP contribution in [-0.4, -0.2) is 47.0 Å². The average Bonchev–Trinajstić information content (AvgIpc) is 2.88. The number of hydrogen-bond acceptors (Lipinski definition) is 4. The van der Waals surface area contributed by atoms with Crippen LogP contribution in [0.2, 0.25) is 0 Å². The molecule has 4 aliphatic rings. The van der Waals surface area contributed by atoms with Crippen LogP contribution in [0.5, 0.6) is 5.75 Å². The predicted octanol–water partition coefficient (Wildman–Crippen LogP) is 0.985. The number of aliphatic hydroxyl groups is 2. The van der Waals surface area contributed by atoms with E-state index in [0.717, 1.165) is 30.7 Å². The van der Waals surface area contributed by atoms with Crippen molar-refractivity contribution in [2.45, 2.75) is 43.1 Å². The lowest BCUT2D eigenvalue weighted by Crippen LogP contribution is -2.64. The van der Waals surface area contributed by atoms with Crippen LogP contribution < -0.4 is 4.74 Å². The number of piperidine rings is 1. The second-order valence-corrected chi connectivity index (χ2v) is 7.23. The first kappa shape index (κ1) is 13.1. The minimum absolute atomic E-state index is 0.0110. The van der Waals surface area contributed by atoms with E-state index in [2.05, 4.69) is 24.1 Å². The fourth-order valence-electron chi connectivity index (χ4n) is 5.43. The van der Waals surface area contributed by atoms with Gasteiger partial charge in [-0.05, 0) is 32.0 Å². The summed E-state index contributed by atoms with van der Waals surface area (Å²) in [5.74, 6) is 1.24. The van der Waals surface area contributed by atoms with Crippen molar-refractivity contribution in [3.63, 3.8) is 0 Å². The zero-order chi connectivity index (χ0) is 15.1. The topological polar surface area (TPSA) is 52.9 Å². The summed E-state index contributed by atoms with van der Waals surface area (Å²) in [6, 6.07) is 4.62. The Labute approximate surface area is 130 Å². The van der Waals surface area contributed by atoms with Gasteiger partial charge in [0.15, 0.2) is 0 Å². The van der Waals surface area contributed by atoms with E-state index in [4.69, 9.17) is 4.74 Å². The van der Waals surface area contributed by atoms with Gasteiger partial charge in [-0.3, -0.25) is 0 Å². The average molecular weight is 299 g/mol. The van der Waals surface area contributed by atoms with Gasteiger partial charge in [0.1, 0.15) is 18.0 Å². The van der Waals surface area contributed by atoms with Crippen LogP contribution in [0.25, 0.3) is 0 Å². The van der Waals surface area contributed by atoms with Crippen molar-refractivity contribution in [1.29, 1.82) is 0 Å². The Bertz CT molecular complexity index is 685. The molecule has 2 bridgehead atoms. The minimum Gasteiger partial charge on any atom is -0.486 e. The molecule has 1 fully saturated rings. The molecular formula is C18H21NO3. The molecule has 0 aromatic heterocycles. The molecule has 5 atom stereocenters. The molecule has 1 aromatic rings. The molecule has 1 aromatic carbocycles. The number of aliphatic hydroxyl groups excluding tert-OH is 2. The number of hydrogen-bond donors (Lipinski definition) is 2. The molecule has 2 aliphatic heterocycles. The van der Waals surface area contributed by atoms with Gasteiger partial charge in [0, 0.05) is 28.5 Å². The molecule has 0 amide bonds. The lowest BCUT2D eigenvalue weighted by molar-refractivity contribution is -0.0453. The normalized spacial score (nSPS) is 41.2. The van der Waals surface area contributed by atoms with Crippen LogP contribution in [0.15, 0.2) is 24.3 Å². The Balaban J connectivity index is 1.82. The van der Waals surface area contributed by atoms with Crippen LogP contribution in [-0.2, 0) is 18.4 Å². The second kappa shape index (κ2) is 4.13. The molecular weight excluding hydrogens is 278 g/mol. The van der Waals surface area contributed by atoms with Gasteiger partial charge in [0.05, 0.1) is 6.61 Å². The van der Waals surface area contributed by atoms with Crippen molar-refractivity contribution in [3.8, 4) is 5.75 Å². The highest BCUT2D eigenvalue weighted by Gasteiger charge is 2.63. The summed E-state index contributed by atoms with van der Waals surface area (Å²) in [6.07, 6.45) is 5.38. The lowest BCUT2D eigenvalue weighted by Gasteiger charge is -2.56. The Kier molecular flexibility index (Phi) is 2.46. The highest BCUT2D eigenvalue weighted by molar-refractivity contribution is 5.59. The van der Waals surface area contributed by atoms with Gasteiger partial charge in [-0.15, -0.1) is 0 Å². The molecule has 0 unspecified atom stereocenters. The van der Waals surface area contributed by atoms with Crippen LogP contribution in [0.1, 0.15) is 23.1 Å². The maximum Gasteiger partial charge on any atom is 0.138 e. The third-order valence-corrected chi connectivity index (χ3v) is 6.42. The van der Waals surface area contributed by atoms with Crippen LogP contribution in [0.3, 0.4) is 0 Å². The van der Waals surface area contributed by atoms with Crippen molar-refractivity contribution in [3.05, 3.63) is 41.0 Å². The summed E-state index contributed by atoms with van der Waals surface area (Å²) >= 11 is 0. The first-order chi connectivity index (χ1) is 10.7. The Morgan fingerprint density at radius 1 is 1.36 bits per heavy atom. The van der Waals surface area contributed by atoms with Crippen molar-refractivity contribution >= 4 is 0 Å². The summed E-state index contributed by atoms with van der Waals surface area (Å²) in [4.78, 5) is 2.45. The van der Waals surface area contributed by atoms with Gasteiger partial charge in [-0.1, -0.05) is 24.3 Å². The molecule has 0 radical (unpaired) electrons. The van der Waals surface area contributed by atoms with E-state index in [-0.39, 0.29) is 18.1 Å². The van der Waals surface area contributed by atoms with Gasteiger partial charge in [0.25, 0.3) is 0 Å². The largest absolute Gasteiger partial charge is 0.486 e. The van der Waals surface area contributed by atoms with E-state index in [1.54, 1.807) is 0 Å². The van der Waals surface area contributed by atoms with E-state index in [1.807, 2.05) is 12.1 Å². The number of likely N-dealkylation sites (N-methyl/N-ethyl adjacent to an activating group) is 1. The molecule has 1 saturated heterocycles. The highest BCUT2D eigenvalue weighted by Crippen LogP contribution is 2.61. The number of rotatable bonds is 1. The van der Waals surface area contributed by atoms with E-state index in [9.17, 15) is 10.2 Å². The monoisotopic (exact) mass is 299 g/mol. The maximum absolute atomic E-state index is 10.5. The van der Waals surface area contributed by atoms with E-state index < -0.39 is 6.10 Å². The van der Waals surface area contributed by atoms with Crippen LogP contribution >= 0.6 is 0 Å². The zero-order valence-corrected chi connectivity index (χ0v) is 12.7. The first-order valence-corrected chi connectivity index (χ1v) is 8.16. The van der Waals surface area contributed by atoms with Gasteiger partial charge in [-0.2, -0.15) is 0 Å². The number of nitrogens with zero attached hydrogens (tertiary/aromatic N) is 1. The predicted molar refractivity (Wildman–Crippen MR) is 81.8 cm³/mol. The molecule has 2 heterocycles. The van der Waals surface area contributed by atoms with Crippen LogP contribution in [0.4, 0.5) is 0 Å². The van der Waals surface area contributed by atoms with Gasteiger partial charge in [-0.25, -0.2) is 0 Å². The molecule has 2 N–H and O–H groups in total. The molecule has 4 nitrogen and oxygen atoms in total. The van der Waals surface area contributed by atoms with E-state index >= 15 is 0 Å². The van der Waals surface area contributed by atoms with Crippen molar-refractivity contribution in [1.82, 2.24) is 4.90 Å². The summed E-state index contributed by atoms with van der Waals surface area (Å²) in [7, 11) is 2.20. The number of ether oxygens (including phenoxy) is 1. The first-order valence-electron chi connectivity index (χ1n) is 8.16. The summed E-state index contributed by atoms with van der Waals surface area (Å²) in [5, 5.41) is 20.2. The summed E-state index contributed by atoms with van der Waals surface area (Å²) in [6.45, 7) is 1.02. The molecule has 5 rings (SSSR count). The zero-order valence-electron chi connectivity index (χ0n) is 12.7. The lowest BCUT2D eigenvalue weighted by atomic mass is 9.53. The SMILES string of the molecule is CN1CC[C@]23c4c5ccc(CO)c4O[C@H]2[C@@H](O)C=C[C@H]3[C@H]1C5. The third-order valence-electron chi connectivity index (χ3n) is 6.42. The smallest absolute Gasteiger partial charge is 0.138 e. The van der Waals surface area contributed by atoms with E-state index in [1.165, 1.54) is 11.1 Å². The quantitative estimate of drug-likeness (QED) is 0.759. The molecule has 2 aliphatic carbocycles. The van der Waals surface area contributed by atoms with Crippen molar-refractivity contribution < 1.29 is 14.9 Å². The second-order valence-electron chi connectivity index (χ2n) is 7.23. The fraction of sp³-hybridized carbons (Fsp3) is 0.556. The number of benzene rings is 1. The Hall–Kier alpha value is -1.36. The Morgan fingerprint density at radius 3 is 3.05 bits per heavy atom. The number of likely N-dealkylation sites (tertiary alicyclic amines) is 1. The Morgan fingerprint density at radius 2 is 2.23 bits per heavy atom. The van der Waals surface area contributed by atoms with E-state index in [0.29, 0.717) is 12.0 Å². The minimum atomic E-state index is -0.565.